The van der Waals surface area contributed by atoms with E-state index in [1.165, 1.54) is 0 Å². The second-order valence-electron chi connectivity index (χ2n) is 6.51. The third-order valence-corrected chi connectivity index (χ3v) is 4.99. The zero-order valence-corrected chi connectivity index (χ0v) is 13.7. The number of hydrogen-bond donors (Lipinski definition) is 0. The van der Waals surface area contributed by atoms with Gasteiger partial charge in [0.2, 0.25) is 5.90 Å². The molecule has 114 valence electrons. The van der Waals surface area contributed by atoms with Crippen molar-refractivity contribution in [3.05, 3.63) is 41.7 Å². The van der Waals surface area contributed by atoms with E-state index < -0.39 is 0 Å². The summed E-state index contributed by atoms with van der Waals surface area (Å²) in [7, 11) is 0. The summed E-state index contributed by atoms with van der Waals surface area (Å²) in [5, 5.41) is 2.97. The lowest BCUT2D eigenvalue weighted by Crippen LogP contribution is -2.26. The molecule has 0 aromatic carbocycles. The van der Waals surface area contributed by atoms with Gasteiger partial charge in [-0.1, -0.05) is 6.07 Å². The van der Waals surface area contributed by atoms with Gasteiger partial charge in [-0.3, -0.25) is 4.98 Å². The van der Waals surface area contributed by atoms with Gasteiger partial charge in [-0.2, -0.15) is 0 Å². The summed E-state index contributed by atoms with van der Waals surface area (Å²) in [6.45, 7) is 6.97. The Morgan fingerprint density at radius 2 is 2.09 bits per heavy atom. The minimum Gasteiger partial charge on any atom is -0.477 e. The van der Waals surface area contributed by atoms with Crippen molar-refractivity contribution in [3.8, 4) is 0 Å². The molecule has 0 aliphatic carbocycles. The summed E-state index contributed by atoms with van der Waals surface area (Å²) < 4.78 is 5.93. The Bertz CT molecular complexity index is 713. The fraction of sp³-hybridized carbons (Fsp3) is 0.438. The van der Waals surface area contributed by atoms with Crippen molar-refractivity contribution in [1.29, 1.82) is 0 Å². The van der Waals surface area contributed by atoms with Crippen LogP contribution in [0.4, 0.5) is 5.13 Å². The minimum atomic E-state index is -0.306. The number of aromatic nitrogens is 2. The standard InChI is InChI=1S/C16H18N4OS/c1-15(2)10-21-13(19-15)16(3)12(11-6-4-5-7-17-11)20(16)14-18-8-9-22-14/h4-9,12H,10H2,1-3H3/t12-,16-,20?/m1/s1. The molecule has 0 radical (unpaired) electrons. The van der Waals surface area contributed by atoms with Gasteiger partial charge in [0.05, 0.1) is 11.2 Å². The van der Waals surface area contributed by atoms with Gasteiger partial charge in [0.15, 0.2) is 5.13 Å². The molecule has 0 bridgehead atoms. The van der Waals surface area contributed by atoms with E-state index in [0.29, 0.717) is 6.61 Å². The molecule has 0 amide bonds. The molecule has 0 unspecified atom stereocenters. The maximum atomic E-state index is 5.93. The van der Waals surface area contributed by atoms with Crippen LogP contribution in [0.25, 0.3) is 0 Å². The highest BCUT2D eigenvalue weighted by Gasteiger charge is 2.67. The average Bonchev–Trinajstić information content (AvgIpc) is 2.90. The van der Waals surface area contributed by atoms with Crippen LogP contribution in [0.2, 0.25) is 0 Å². The Hall–Kier alpha value is -1.95. The molecule has 6 heteroatoms. The first-order valence-electron chi connectivity index (χ1n) is 7.35. The third-order valence-electron chi connectivity index (χ3n) is 4.22. The Kier molecular flexibility index (Phi) is 2.81. The normalized spacial score (nSPS) is 29.1. The zero-order valence-electron chi connectivity index (χ0n) is 12.9. The first-order chi connectivity index (χ1) is 10.5. The molecule has 2 atom stereocenters. The summed E-state index contributed by atoms with van der Waals surface area (Å²) in [5.41, 5.74) is 0.556. The minimum absolute atomic E-state index is 0.118. The van der Waals surface area contributed by atoms with Gasteiger partial charge < -0.3 is 9.64 Å². The number of nitrogens with zero attached hydrogens (tertiary/aromatic N) is 4. The third kappa shape index (κ3) is 1.94. The number of rotatable bonds is 3. The molecule has 2 aliphatic heterocycles. The highest BCUT2D eigenvalue weighted by Crippen LogP contribution is 2.57. The summed E-state index contributed by atoms with van der Waals surface area (Å²) in [5.74, 6) is 0.795. The Labute approximate surface area is 133 Å². The van der Waals surface area contributed by atoms with E-state index in [1.54, 1.807) is 11.3 Å². The van der Waals surface area contributed by atoms with Gasteiger partial charge in [-0.05, 0) is 32.9 Å². The van der Waals surface area contributed by atoms with Crippen molar-refractivity contribution in [2.24, 2.45) is 4.99 Å². The Balaban J connectivity index is 1.76. The van der Waals surface area contributed by atoms with Crippen LogP contribution in [-0.2, 0) is 4.74 Å². The smallest absolute Gasteiger partial charge is 0.213 e. The molecule has 4 heterocycles. The molecule has 0 saturated carbocycles. The maximum Gasteiger partial charge on any atom is 0.213 e. The van der Waals surface area contributed by atoms with Crippen molar-refractivity contribution in [2.75, 3.05) is 11.5 Å². The summed E-state index contributed by atoms with van der Waals surface area (Å²) >= 11 is 1.63. The number of thiazole rings is 1. The number of aliphatic imine (C=N–C) groups is 1. The van der Waals surface area contributed by atoms with Crippen molar-refractivity contribution >= 4 is 22.4 Å². The molecule has 5 nitrogen and oxygen atoms in total. The van der Waals surface area contributed by atoms with E-state index in [4.69, 9.17) is 9.73 Å². The fourth-order valence-corrected chi connectivity index (χ4v) is 3.83. The van der Waals surface area contributed by atoms with Crippen LogP contribution in [0.15, 0.2) is 41.0 Å². The highest BCUT2D eigenvalue weighted by molar-refractivity contribution is 7.13. The van der Waals surface area contributed by atoms with Gasteiger partial charge in [0.1, 0.15) is 18.2 Å². The van der Waals surface area contributed by atoms with Gasteiger partial charge in [-0.25, -0.2) is 9.98 Å². The van der Waals surface area contributed by atoms with Crippen LogP contribution in [0, 0.1) is 0 Å². The van der Waals surface area contributed by atoms with Crippen LogP contribution in [0.1, 0.15) is 32.5 Å². The Morgan fingerprint density at radius 1 is 1.23 bits per heavy atom. The largest absolute Gasteiger partial charge is 0.477 e. The number of ether oxygens (including phenoxy) is 1. The summed E-state index contributed by atoms with van der Waals surface area (Å²) in [6.07, 6.45) is 3.66. The molecule has 0 N–H and O–H groups in total. The predicted molar refractivity (Wildman–Crippen MR) is 87.4 cm³/mol. The lowest BCUT2D eigenvalue weighted by molar-refractivity contribution is 0.270. The highest BCUT2D eigenvalue weighted by atomic mass is 32.1. The van der Waals surface area contributed by atoms with Crippen molar-refractivity contribution in [3.63, 3.8) is 0 Å². The lowest BCUT2D eigenvalue weighted by atomic mass is 10.0. The molecular weight excluding hydrogens is 296 g/mol. The van der Waals surface area contributed by atoms with Crippen LogP contribution < -0.4 is 4.90 Å². The van der Waals surface area contributed by atoms with Gasteiger partial charge >= 0.3 is 0 Å². The first-order valence-corrected chi connectivity index (χ1v) is 8.23. The monoisotopic (exact) mass is 314 g/mol. The second kappa shape index (κ2) is 4.52. The summed E-state index contributed by atoms with van der Waals surface area (Å²) in [6, 6.07) is 6.12. The van der Waals surface area contributed by atoms with Gasteiger partial charge in [0, 0.05) is 17.8 Å². The van der Waals surface area contributed by atoms with E-state index in [1.807, 2.05) is 29.9 Å². The Morgan fingerprint density at radius 3 is 2.68 bits per heavy atom. The molecule has 2 aromatic rings. The molecule has 1 saturated heterocycles. The molecule has 22 heavy (non-hydrogen) atoms. The molecule has 1 fully saturated rings. The molecule has 2 aromatic heterocycles. The van der Waals surface area contributed by atoms with Gasteiger partial charge in [-0.15, -0.1) is 11.3 Å². The fourth-order valence-electron chi connectivity index (χ4n) is 3.05. The van der Waals surface area contributed by atoms with E-state index in [0.717, 1.165) is 16.7 Å². The number of anilines is 1. The predicted octanol–water partition coefficient (Wildman–Crippen LogP) is 3.07. The first kappa shape index (κ1) is 13.7. The molecule has 0 spiro atoms. The van der Waals surface area contributed by atoms with E-state index in [9.17, 15) is 0 Å². The van der Waals surface area contributed by atoms with Crippen molar-refractivity contribution < 1.29 is 4.74 Å². The van der Waals surface area contributed by atoms with Crippen LogP contribution in [0.5, 0.6) is 0 Å². The molecule has 4 rings (SSSR count). The quantitative estimate of drug-likeness (QED) is 0.817. The topological polar surface area (TPSA) is 50.4 Å². The second-order valence-corrected chi connectivity index (χ2v) is 7.38. The van der Waals surface area contributed by atoms with Crippen molar-refractivity contribution in [2.45, 2.75) is 37.9 Å². The molecule has 2 aliphatic rings. The van der Waals surface area contributed by atoms with Crippen LogP contribution in [0.3, 0.4) is 0 Å². The number of pyridine rings is 1. The van der Waals surface area contributed by atoms with Gasteiger partial charge in [0.25, 0.3) is 0 Å². The lowest BCUT2D eigenvalue weighted by Gasteiger charge is -2.10. The van der Waals surface area contributed by atoms with Crippen LogP contribution in [-0.4, -0.2) is 33.6 Å². The SMILES string of the molecule is CC1(C)COC([C@@]2(C)[C@@H](c3ccccn3)N2c2nccs2)=N1. The zero-order chi connectivity index (χ0) is 15.4. The van der Waals surface area contributed by atoms with E-state index in [2.05, 4.69) is 41.7 Å². The number of hydrogen-bond acceptors (Lipinski definition) is 6. The summed E-state index contributed by atoms with van der Waals surface area (Å²) in [4.78, 5) is 16.0. The van der Waals surface area contributed by atoms with Crippen LogP contribution >= 0.6 is 11.3 Å². The average molecular weight is 314 g/mol. The maximum absolute atomic E-state index is 5.93. The molecular formula is C16H18N4OS. The van der Waals surface area contributed by atoms with E-state index in [-0.39, 0.29) is 17.1 Å². The van der Waals surface area contributed by atoms with Crippen molar-refractivity contribution in [1.82, 2.24) is 9.97 Å². The van der Waals surface area contributed by atoms with E-state index >= 15 is 0 Å².